The number of anilines is 3. The molecule has 0 atom stereocenters. The minimum atomic E-state index is -0.444. The highest BCUT2D eigenvalue weighted by Crippen LogP contribution is 2.29. The Labute approximate surface area is 155 Å². The SMILES string of the molecule is Cc1nc(-c2ccc(Nc3nc(NC(C)C)ccc3[N+](=O)[O-])cc2)cs1. The molecule has 2 N–H and O–H groups in total. The predicted octanol–water partition coefficient (Wildman–Crippen LogP) is 4.99. The van der Waals surface area contributed by atoms with Gasteiger partial charge in [-0.25, -0.2) is 9.97 Å². The van der Waals surface area contributed by atoms with Gasteiger partial charge in [0.25, 0.3) is 0 Å². The third kappa shape index (κ3) is 4.15. The first-order valence-electron chi connectivity index (χ1n) is 8.14. The van der Waals surface area contributed by atoms with Crippen LogP contribution in [0, 0.1) is 17.0 Å². The lowest BCUT2D eigenvalue weighted by Crippen LogP contribution is -2.12. The minimum absolute atomic E-state index is 0.0708. The molecule has 0 aliphatic rings. The molecule has 3 rings (SSSR count). The molecular formula is C18H19N5O2S. The lowest BCUT2D eigenvalue weighted by atomic mass is 10.1. The van der Waals surface area contributed by atoms with Gasteiger partial charge in [0.1, 0.15) is 5.82 Å². The van der Waals surface area contributed by atoms with Crippen molar-refractivity contribution in [1.82, 2.24) is 9.97 Å². The van der Waals surface area contributed by atoms with Gasteiger partial charge in [-0.05, 0) is 39.0 Å². The number of nitrogens with zero attached hydrogens (tertiary/aromatic N) is 3. The van der Waals surface area contributed by atoms with Gasteiger partial charge in [-0.1, -0.05) is 12.1 Å². The van der Waals surface area contributed by atoms with E-state index in [0.717, 1.165) is 22.0 Å². The Morgan fingerprint density at radius 3 is 2.42 bits per heavy atom. The summed E-state index contributed by atoms with van der Waals surface area (Å²) in [5, 5.41) is 20.5. The Morgan fingerprint density at radius 1 is 1.12 bits per heavy atom. The largest absolute Gasteiger partial charge is 0.368 e. The number of benzene rings is 1. The van der Waals surface area contributed by atoms with Crippen molar-refractivity contribution in [3.63, 3.8) is 0 Å². The molecule has 0 saturated heterocycles. The van der Waals surface area contributed by atoms with Gasteiger partial charge in [-0.15, -0.1) is 11.3 Å². The third-order valence-electron chi connectivity index (χ3n) is 3.57. The Kier molecular flexibility index (Phi) is 5.13. The lowest BCUT2D eigenvalue weighted by molar-refractivity contribution is -0.384. The first-order chi connectivity index (χ1) is 12.4. The number of aromatic nitrogens is 2. The lowest BCUT2D eigenvalue weighted by Gasteiger charge is -2.12. The second-order valence-corrected chi connectivity index (χ2v) is 7.14. The van der Waals surface area contributed by atoms with Crippen LogP contribution >= 0.6 is 11.3 Å². The highest BCUT2D eigenvalue weighted by Gasteiger charge is 2.16. The van der Waals surface area contributed by atoms with Gasteiger partial charge in [-0.3, -0.25) is 10.1 Å². The summed E-state index contributed by atoms with van der Waals surface area (Å²) in [6.07, 6.45) is 0. The fourth-order valence-electron chi connectivity index (χ4n) is 2.42. The van der Waals surface area contributed by atoms with E-state index in [1.54, 1.807) is 17.4 Å². The monoisotopic (exact) mass is 369 g/mol. The van der Waals surface area contributed by atoms with Crippen LogP contribution in [0.1, 0.15) is 18.9 Å². The van der Waals surface area contributed by atoms with E-state index in [1.165, 1.54) is 6.07 Å². The molecule has 26 heavy (non-hydrogen) atoms. The smallest absolute Gasteiger partial charge is 0.311 e. The zero-order chi connectivity index (χ0) is 18.7. The molecule has 0 fully saturated rings. The van der Waals surface area contributed by atoms with Crippen molar-refractivity contribution >= 4 is 34.3 Å². The van der Waals surface area contributed by atoms with Gasteiger partial charge in [-0.2, -0.15) is 0 Å². The summed E-state index contributed by atoms with van der Waals surface area (Å²) in [4.78, 5) is 19.6. The number of pyridine rings is 1. The highest BCUT2D eigenvalue weighted by atomic mass is 32.1. The van der Waals surface area contributed by atoms with Crippen molar-refractivity contribution in [2.45, 2.75) is 26.8 Å². The average Bonchev–Trinajstić information content (AvgIpc) is 3.01. The molecule has 7 nitrogen and oxygen atoms in total. The van der Waals surface area contributed by atoms with Gasteiger partial charge in [0.15, 0.2) is 0 Å². The molecule has 0 unspecified atom stereocenters. The number of nitro groups is 1. The number of hydrogen-bond donors (Lipinski definition) is 2. The first-order valence-corrected chi connectivity index (χ1v) is 9.02. The van der Waals surface area contributed by atoms with E-state index in [0.29, 0.717) is 5.82 Å². The zero-order valence-corrected chi connectivity index (χ0v) is 15.5. The molecule has 0 aliphatic carbocycles. The van der Waals surface area contributed by atoms with Gasteiger partial charge in [0, 0.05) is 28.7 Å². The molecule has 0 saturated carbocycles. The number of nitrogens with one attached hydrogen (secondary N) is 2. The molecule has 134 valence electrons. The number of thiazole rings is 1. The number of aryl methyl sites for hydroxylation is 1. The van der Waals surface area contributed by atoms with Crippen molar-refractivity contribution in [3.05, 3.63) is 56.9 Å². The maximum Gasteiger partial charge on any atom is 0.311 e. The van der Waals surface area contributed by atoms with Crippen LogP contribution < -0.4 is 10.6 Å². The van der Waals surface area contributed by atoms with Crippen LogP contribution in [0.25, 0.3) is 11.3 Å². The molecular weight excluding hydrogens is 350 g/mol. The second kappa shape index (κ2) is 7.49. The molecule has 2 aromatic heterocycles. The van der Waals surface area contributed by atoms with E-state index in [-0.39, 0.29) is 17.5 Å². The molecule has 0 aliphatic heterocycles. The summed E-state index contributed by atoms with van der Waals surface area (Å²) in [7, 11) is 0. The standard InChI is InChI=1S/C18H19N5O2S/c1-11(2)19-17-9-8-16(23(24)25)18(22-17)21-14-6-4-13(5-7-14)15-10-26-12(3)20-15/h4-11H,1-3H3,(H2,19,21,22). The van der Waals surface area contributed by atoms with Crippen molar-refractivity contribution in [1.29, 1.82) is 0 Å². The predicted molar refractivity (Wildman–Crippen MR) is 105 cm³/mol. The van der Waals surface area contributed by atoms with Crippen molar-refractivity contribution in [2.75, 3.05) is 10.6 Å². The first kappa shape index (κ1) is 17.8. The maximum absolute atomic E-state index is 11.3. The summed E-state index contributed by atoms with van der Waals surface area (Å²) < 4.78 is 0. The third-order valence-corrected chi connectivity index (χ3v) is 4.34. The summed E-state index contributed by atoms with van der Waals surface area (Å²) in [5.41, 5.74) is 2.57. The van der Waals surface area contributed by atoms with Crippen LogP contribution in [-0.2, 0) is 0 Å². The molecule has 2 heterocycles. The molecule has 8 heteroatoms. The van der Waals surface area contributed by atoms with Crippen molar-refractivity contribution in [2.24, 2.45) is 0 Å². The van der Waals surface area contributed by atoms with Crippen LogP contribution in [0.3, 0.4) is 0 Å². The quantitative estimate of drug-likeness (QED) is 0.470. The van der Waals surface area contributed by atoms with Crippen LogP contribution in [0.2, 0.25) is 0 Å². The topological polar surface area (TPSA) is 93.0 Å². The number of hydrogen-bond acceptors (Lipinski definition) is 7. The number of rotatable bonds is 6. The van der Waals surface area contributed by atoms with Gasteiger partial charge in [0.2, 0.25) is 5.82 Å². The van der Waals surface area contributed by atoms with Crippen LogP contribution in [0.4, 0.5) is 23.0 Å². The van der Waals surface area contributed by atoms with Crippen molar-refractivity contribution < 1.29 is 4.92 Å². The Morgan fingerprint density at radius 2 is 1.85 bits per heavy atom. The normalized spacial score (nSPS) is 10.8. The molecule has 1 aromatic carbocycles. The summed E-state index contributed by atoms with van der Waals surface area (Å²) >= 11 is 1.60. The Bertz CT molecular complexity index is 922. The minimum Gasteiger partial charge on any atom is -0.368 e. The fourth-order valence-corrected chi connectivity index (χ4v) is 3.05. The average molecular weight is 369 g/mol. The highest BCUT2D eigenvalue weighted by molar-refractivity contribution is 7.09. The summed E-state index contributed by atoms with van der Waals surface area (Å²) in [6.45, 7) is 5.93. The second-order valence-electron chi connectivity index (χ2n) is 6.07. The van der Waals surface area contributed by atoms with E-state index < -0.39 is 4.92 Å². The molecule has 0 bridgehead atoms. The zero-order valence-electron chi connectivity index (χ0n) is 14.7. The van der Waals surface area contributed by atoms with Crippen LogP contribution in [-0.4, -0.2) is 20.9 Å². The van der Waals surface area contributed by atoms with E-state index >= 15 is 0 Å². The molecule has 0 spiro atoms. The van der Waals surface area contributed by atoms with E-state index in [1.807, 2.05) is 50.4 Å². The molecule has 0 amide bonds. The van der Waals surface area contributed by atoms with Crippen LogP contribution in [0.15, 0.2) is 41.8 Å². The van der Waals surface area contributed by atoms with Gasteiger partial charge in [0.05, 0.1) is 15.6 Å². The van der Waals surface area contributed by atoms with Crippen molar-refractivity contribution in [3.8, 4) is 11.3 Å². The van der Waals surface area contributed by atoms with E-state index in [2.05, 4.69) is 20.6 Å². The summed E-state index contributed by atoms with van der Waals surface area (Å²) in [5.74, 6) is 0.792. The molecule has 0 radical (unpaired) electrons. The fraction of sp³-hybridized carbons (Fsp3) is 0.222. The van der Waals surface area contributed by atoms with Crippen LogP contribution in [0.5, 0.6) is 0 Å². The van der Waals surface area contributed by atoms with E-state index in [4.69, 9.17) is 0 Å². The van der Waals surface area contributed by atoms with Gasteiger partial charge >= 0.3 is 5.69 Å². The van der Waals surface area contributed by atoms with E-state index in [9.17, 15) is 10.1 Å². The molecule has 3 aromatic rings. The van der Waals surface area contributed by atoms with Gasteiger partial charge < -0.3 is 10.6 Å². The Hall–Kier alpha value is -3.00. The maximum atomic E-state index is 11.3. The Balaban J connectivity index is 1.86. The summed E-state index contributed by atoms with van der Waals surface area (Å²) in [6, 6.07) is 10.8.